The minimum Gasteiger partial charge on any atom is -0.382 e. The van der Waals surface area contributed by atoms with Crippen molar-refractivity contribution >= 4 is 15.7 Å². The number of hydrogen-bond donors (Lipinski definition) is 2. The van der Waals surface area contributed by atoms with Crippen molar-refractivity contribution in [3.8, 4) is 0 Å². The van der Waals surface area contributed by atoms with Crippen molar-refractivity contribution in [2.45, 2.75) is 18.0 Å². The lowest BCUT2D eigenvalue weighted by molar-refractivity contribution is -0.138. The summed E-state index contributed by atoms with van der Waals surface area (Å²) in [5, 5.41) is 7.13. The van der Waals surface area contributed by atoms with Gasteiger partial charge in [-0.3, -0.25) is 10.4 Å². The Morgan fingerprint density at radius 2 is 2.06 bits per heavy atom. The number of rotatable bonds is 3. The first kappa shape index (κ1) is 14.4. The standard InChI is InChI=1S/C9H10F3N3O2S/c1-2-18(16,17)6-3-5(9(10,11)12)4-15-7(6)8(13)14/h3-4H,2H2,1H3,(H3,13,14). The van der Waals surface area contributed by atoms with E-state index < -0.39 is 43.8 Å². The van der Waals surface area contributed by atoms with E-state index in [-0.39, 0.29) is 0 Å². The average molecular weight is 281 g/mol. The van der Waals surface area contributed by atoms with Gasteiger partial charge in [-0.2, -0.15) is 13.2 Å². The molecule has 9 heteroatoms. The molecule has 18 heavy (non-hydrogen) atoms. The van der Waals surface area contributed by atoms with Gasteiger partial charge in [-0.15, -0.1) is 0 Å². The van der Waals surface area contributed by atoms with Crippen molar-refractivity contribution in [2.75, 3.05) is 5.75 Å². The van der Waals surface area contributed by atoms with Crippen LogP contribution in [0.4, 0.5) is 13.2 Å². The molecule has 100 valence electrons. The molecule has 0 bridgehead atoms. The van der Waals surface area contributed by atoms with Crippen LogP contribution in [-0.4, -0.2) is 25.0 Å². The summed E-state index contributed by atoms with van der Waals surface area (Å²) in [7, 11) is -3.94. The molecule has 0 aliphatic rings. The SMILES string of the molecule is CCS(=O)(=O)c1cc(C(F)(F)F)cnc1C(=N)N. The molecule has 0 aromatic carbocycles. The second-order valence-electron chi connectivity index (χ2n) is 3.39. The Bertz CT molecular complexity index is 581. The van der Waals surface area contributed by atoms with E-state index in [4.69, 9.17) is 11.1 Å². The first-order chi connectivity index (χ1) is 8.09. The van der Waals surface area contributed by atoms with E-state index in [2.05, 4.69) is 4.98 Å². The Morgan fingerprint density at radius 1 is 1.50 bits per heavy atom. The average Bonchev–Trinajstić information content (AvgIpc) is 2.27. The van der Waals surface area contributed by atoms with Crippen LogP contribution < -0.4 is 5.73 Å². The predicted octanol–water partition coefficient (Wildman–Crippen LogP) is 1.18. The molecule has 0 fully saturated rings. The van der Waals surface area contributed by atoms with E-state index >= 15 is 0 Å². The minimum atomic E-state index is -4.71. The smallest absolute Gasteiger partial charge is 0.382 e. The lowest BCUT2D eigenvalue weighted by atomic mass is 10.2. The Balaban J connectivity index is 3.59. The molecule has 1 rings (SSSR count). The first-order valence-corrected chi connectivity index (χ1v) is 6.39. The van der Waals surface area contributed by atoms with Crippen molar-refractivity contribution in [3.05, 3.63) is 23.5 Å². The van der Waals surface area contributed by atoms with Crippen LogP contribution >= 0.6 is 0 Å². The number of alkyl halides is 3. The Kier molecular flexibility index (Phi) is 3.65. The predicted molar refractivity (Wildman–Crippen MR) is 58.0 cm³/mol. The van der Waals surface area contributed by atoms with Crippen LogP contribution in [0.2, 0.25) is 0 Å². The zero-order valence-corrected chi connectivity index (χ0v) is 10.1. The normalized spacial score (nSPS) is 12.4. The highest BCUT2D eigenvalue weighted by molar-refractivity contribution is 7.91. The Labute approximate surface area is 101 Å². The molecule has 0 atom stereocenters. The maximum absolute atomic E-state index is 12.5. The van der Waals surface area contributed by atoms with Crippen molar-refractivity contribution in [1.29, 1.82) is 5.41 Å². The summed E-state index contributed by atoms with van der Waals surface area (Å²) in [6.07, 6.45) is -4.26. The monoisotopic (exact) mass is 281 g/mol. The summed E-state index contributed by atoms with van der Waals surface area (Å²) >= 11 is 0. The molecule has 0 saturated carbocycles. The first-order valence-electron chi connectivity index (χ1n) is 4.74. The lowest BCUT2D eigenvalue weighted by Crippen LogP contribution is -2.20. The summed E-state index contributed by atoms with van der Waals surface area (Å²) in [6, 6.07) is 0.447. The van der Waals surface area contributed by atoms with Crippen molar-refractivity contribution < 1.29 is 21.6 Å². The summed E-state index contributed by atoms with van der Waals surface area (Å²) in [5.74, 6) is -1.10. The van der Waals surface area contributed by atoms with Crippen LogP contribution in [0.1, 0.15) is 18.2 Å². The number of nitrogens with zero attached hydrogens (tertiary/aromatic N) is 1. The van der Waals surface area contributed by atoms with Crippen molar-refractivity contribution in [2.24, 2.45) is 5.73 Å². The molecular formula is C9H10F3N3O2S. The van der Waals surface area contributed by atoms with Crippen LogP contribution in [0.15, 0.2) is 17.2 Å². The summed E-state index contributed by atoms with van der Waals surface area (Å²) in [6.45, 7) is 1.28. The summed E-state index contributed by atoms with van der Waals surface area (Å²) in [4.78, 5) is 2.64. The van der Waals surface area contributed by atoms with E-state index in [0.717, 1.165) is 0 Å². The number of amidine groups is 1. The second-order valence-corrected chi connectivity index (χ2v) is 5.63. The highest BCUT2D eigenvalue weighted by atomic mass is 32.2. The van der Waals surface area contributed by atoms with Crippen LogP contribution in [0.25, 0.3) is 0 Å². The fraction of sp³-hybridized carbons (Fsp3) is 0.333. The molecule has 0 unspecified atom stereocenters. The van der Waals surface area contributed by atoms with Crippen molar-refractivity contribution in [1.82, 2.24) is 4.98 Å². The van der Waals surface area contributed by atoms with E-state index in [1.807, 2.05) is 0 Å². The summed E-state index contributed by atoms with van der Waals surface area (Å²) < 4.78 is 60.7. The number of aromatic nitrogens is 1. The third-order valence-corrected chi connectivity index (χ3v) is 3.89. The number of hydrogen-bond acceptors (Lipinski definition) is 4. The molecule has 0 radical (unpaired) electrons. The van der Waals surface area contributed by atoms with Crippen LogP contribution in [0, 0.1) is 5.41 Å². The molecular weight excluding hydrogens is 271 g/mol. The largest absolute Gasteiger partial charge is 0.417 e. The van der Waals surface area contributed by atoms with E-state index in [1.165, 1.54) is 6.92 Å². The van der Waals surface area contributed by atoms with Gasteiger partial charge in [-0.05, 0) is 6.07 Å². The zero-order chi connectivity index (χ0) is 14.1. The Morgan fingerprint density at radius 3 is 2.44 bits per heavy atom. The fourth-order valence-corrected chi connectivity index (χ4v) is 2.27. The number of halogens is 3. The third kappa shape index (κ3) is 2.78. The number of pyridine rings is 1. The molecule has 3 N–H and O–H groups in total. The molecule has 5 nitrogen and oxygen atoms in total. The molecule has 0 amide bonds. The van der Waals surface area contributed by atoms with Crippen molar-refractivity contribution in [3.63, 3.8) is 0 Å². The van der Waals surface area contributed by atoms with Gasteiger partial charge in [0.2, 0.25) is 0 Å². The van der Waals surface area contributed by atoms with Crippen LogP contribution in [-0.2, 0) is 16.0 Å². The third-order valence-electron chi connectivity index (χ3n) is 2.15. The highest BCUT2D eigenvalue weighted by Crippen LogP contribution is 2.31. The minimum absolute atomic E-state index is 0.406. The van der Waals surface area contributed by atoms with E-state index in [0.29, 0.717) is 12.3 Å². The molecule has 1 heterocycles. The zero-order valence-electron chi connectivity index (χ0n) is 9.25. The maximum atomic E-state index is 12.5. The molecule has 0 aliphatic heterocycles. The van der Waals surface area contributed by atoms with Gasteiger partial charge in [-0.1, -0.05) is 6.92 Å². The number of nitrogens with one attached hydrogen (secondary N) is 1. The lowest BCUT2D eigenvalue weighted by Gasteiger charge is -2.11. The van der Waals surface area contributed by atoms with Gasteiger partial charge in [-0.25, -0.2) is 8.42 Å². The van der Waals surface area contributed by atoms with Gasteiger partial charge in [0.15, 0.2) is 9.84 Å². The quantitative estimate of drug-likeness (QED) is 0.642. The maximum Gasteiger partial charge on any atom is 0.417 e. The number of nitrogens with two attached hydrogens (primary N) is 1. The van der Waals surface area contributed by atoms with Crippen LogP contribution in [0.3, 0.4) is 0 Å². The van der Waals surface area contributed by atoms with Gasteiger partial charge >= 0.3 is 6.18 Å². The van der Waals surface area contributed by atoms with E-state index in [9.17, 15) is 21.6 Å². The molecule has 1 aromatic heterocycles. The highest BCUT2D eigenvalue weighted by Gasteiger charge is 2.33. The van der Waals surface area contributed by atoms with Gasteiger partial charge in [0.05, 0.1) is 16.2 Å². The Hall–Kier alpha value is -1.64. The summed E-state index contributed by atoms with van der Waals surface area (Å²) in [5.41, 5.74) is 3.44. The number of sulfone groups is 1. The van der Waals surface area contributed by atoms with Gasteiger partial charge in [0.25, 0.3) is 0 Å². The molecule has 0 spiro atoms. The molecule has 1 aromatic rings. The fourth-order valence-electron chi connectivity index (χ4n) is 1.19. The van der Waals surface area contributed by atoms with Gasteiger partial charge < -0.3 is 5.73 Å². The van der Waals surface area contributed by atoms with Gasteiger partial charge in [0.1, 0.15) is 11.5 Å². The van der Waals surface area contributed by atoms with Crippen LogP contribution in [0.5, 0.6) is 0 Å². The number of nitrogen functional groups attached to an aromatic ring is 1. The van der Waals surface area contributed by atoms with Gasteiger partial charge in [0, 0.05) is 6.20 Å². The molecule has 0 saturated heterocycles. The molecule has 0 aliphatic carbocycles. The topological polar surface area (TPSA) is 96.9 Å². The van der Waals surface area contributed by atoms with E-state index in [1.54, 1.807) is 0 Å². The second kappa shape index (κ2) is 4.56.